The van der Waals surface area contributed by atoms with Crippen LogP contribution in [0.5, 0.6) is 11.5 Å². The van der Waals surface area contributed by atoms with E-state index in [1.54, 1.807) is 6.07 Å². The van der Waals surface area contributed by atoms with E-state index >= 15 is 0 Å². The van der Waals surface area contributed by atoms with Gasteiger partial charge in [0.25, 0.3) is 5.91 Å². The molecule has 3 aliphatic heterocycles. The Morgan fingerprint density at radius 2 is 1.91 bits per heavy atom. The quantitative estimate of drug-likeness (QED) is 0.605. The zero-order chi connectivity index (χ0) is 24.4. The molecule has 5 rings (SSSR count). The van der Waals surface area contributed by atoms with Crippen LogP contribution in [0.2, 0.25) is 5.02 Å². The van der Waals surface area contributed by atoms with E-state index in [0.717, 1.165) is 42.5 Å². The van der Waals surface area contributed by atoms with Gasteiger partial charge in [-0.05, 0) is 48.2 Å². The Morgan fingerprint density at radius 3 is 2.69 bits per heavy atom. The summed E-state index contributed by atoms with van der Waals surface area (Å²) in [5.74, 6) is 2.06. The van der Waals surface area contributed by atoms with Crippen molar-refractivity contribution in [3.63, 3.8) is 0 Å². The van der Waals surface area contributed by atoms with Crippen LogP contribution in [0.3, 0.4) is 0 Å². The molecule has 2 saturated heterocycles. The summed E-state index contributed by atoms with van der Waals surface area (Å²) >= 11 is 7.98. The third-order valence-corrected chi connectivity index (χ3v) is 8.30. The first kappa shape index (κ1) is 24.7. The van der Waals surface area contributed by atoms with Crippen molar-refractivity contribution in [3.8, 4) is 11.5 Å². The average Bonchev–Trinajstić information content (AvgIpc) is 3.21. The number of aliphatic hydroxyl groups excluding tert-OH is 1. The minimum atomic E-state index is -0.726. The van der Waals surface area contributed by atoms with Gasteiger partial charge in [0, 0.05) is 55.3 Å². The fourth-order valence-electron chi connectivity index (χ4n) is 5.21. The van der Waals surface area contributed by atoms with Gasteiger partial charge in [-0.3, -0.25) is 4.79 Å². The van der Waals surface area contributed by atoms with Crippen molar-refractivity contribution in [3.05, 3.63) is 58.1 Å². The normalized spacial score (nSPS) is 20.6. The number of carbonyl (C=O) groups is 1. The topological polar surface area (TPSA) is 82.5 Å². The summed E-state index contributed by atoms with van der Waals surface area (Å²) in [6.45, 7) is 4.11. The van der Waals surface area contributed by atoms with Gasteiger partial charge in [-0.15, -0.1) is 0 Å². The molecule has 2 fully saturated rings. The zero-order valence-electron chi connectivity index (χ0n) is 19.6. The summed E-state index contributed by atoms with van der Waals surface area (Å²) in [5, 5.41) is 21.4. The lowest BCUT2D eigenvalue weighted by Crippen LogP contribution is -2.46. The Bertz CT molecular complexity index is 1070. The number of benzene rings is 2. The number of ether oxygens (including phenoxy) is 2. The van der Waals surface area contributed by atoms with Crippen molar-refractivity contribution in [2.75, 3.05) is 50.8 Å². The number of aromatic hydroxyl groups is 1. The summed E-state index contributed by atoms with van der Waals surface area (Å²) in [6.07, 6.45) is 0.986. The number of likely N-dealkylation sites (tertiary alicyclic amines) is 1. The lowest BCUT2D eigenvalue weighted by atomic mass is 9.84. The van der Waals surface area contributed by atoms with Crippen LogP contribution in [0.25, 0.3) is 0 Å². The SMILES string of the molecule is O=C(c1ccc(O)cc1OC[C@@H](O)CN1CCC2(CC1)OCc1cc(Cl)ccc12)N1CCSCC1. The highest BCUT2D eigenvalue weighted by atomic mass is 35.5. The minimum Gasteiger partial charge on any atom is -0.508 e. The van der Waals surface area contributed by atoms with Crippen LogP contribution in [-0.2, 0) is 16.9 Å². The molecule has 3 aliphatic rings. The molecule has 9 heteroatoms. The first-order valence-corrected chi connectivity index (χ1v) is 13.6. The summed E-state index contributed by atoms with van der Waals surface area (Å²) in [7, 11) is 0. The number of hydrogen-bond acceptors (Lipinski definition) is 7. The van der Waals surface area contributed by atoms with Crippen molar-refractivity contribution in [1.29, 1.82) is 0 Å². The molecule has 2 aromatic rings. The fraction of sp³-hybridized carbons (Fsp3) is 0.500. The van der Waals surface area contributed by atoms with Crippen LogP contribution in [0.1, 0.15) is 34.3 Å². The fourth-order valence-corrected chi connectivity index (χ4v) is 6.31. The number of halogens is 1. The second-order valence-electron chi connectivity index (χ2n) is 9.43. The van der Waals surface area contributed by atoms with Crippen molar-refractivity contribution in [2.24, 2.45) is 0 Å². The Kier molecular flexibility index (Phi) is 7.46. The molecular formula is C26H31ClN2O5S. The number of phenolic OH excluding ortho intramolecular Hbond substituents is 1. The average molecular weight is 519 g/mol. The first-order valence-electron chi connectivity index (χ1n) is 12.1. The number of fused-ring (bicyclic) bond motifs is 2. The van der Waals surface area contributed by atoms with Gasteiger partial charge in [-0.25, -0.2) is 0 Å². The maximum absolute atomic E-state index is 13.0. The second kappa shape index (κ2) is 10.6. The van der Waals surface area contributed by atoms with E-state index in [0.29, 0.717) is 37.6 Å². The van der Waals surface area contributed by atoms with Gasteiger partial charge < -0.3 is 29.5 Å². The summed E-state index contributed by atoms with van der Waals surface area (Å²) < 4.78 is 12.1. The number of carbonyl (C=O) groups excluding carboxylic acids is 1. The molecule has 0 saturated carbocycles. The predicted octanol–water partition coefficient (Wildman–Crippen LogP) is 3.50. The number of amides is 1. The van der Waals surface area contributed by atoms with E-state index in [-0.39, 0.29) is 23.9 Å². The van der Waals surface area contributed by atoms with Crippen LogP contribution in [0.4, 0.5) is 0 Å². The zero-order valence-corrected chi connectivity index (χ0v) is 21.2. The van der Waals surface area contributed by atoms with Crippen LogP contribution in [0, 0.1) is 0 Å². The van der Waals surface area contributed by atoms with E-state index in [4.69, 9.17) is 21.1 Å². The second-order valence-corrected chi connectivity index (χ2v) is 11.1. The van der Waals surface area contributed by atoms with Gasteiger partial charge in [0.05, 0.1) is 17.8 Å². The monoisotopic (exact) mass is 518 g/mol. The number of β-amino-alcohol motifs (C(OH)–C–C–N with tert-alkyl or cyclic N) is 1. The molecule has 7 nitrogen and oxygen atoms in total. The summed E-state index contributed by atoms with van der Waals surface area (Å²) in [5.41, 5.74) is 2.55. The Morgan fingerprint density at radius 1 is 1.14 bits per heavy atom. The number of nitrogens with zero attached hydrogens (tertiary/aromatic N) is 2. The lowest BCUT2D eigenvalue weighted by molar-refractivity contribution is -0.0835. The third kappa shape index (κ3) is 5.42. The number of rotatable bonds is 6. The number of aliphatic hydroxyl groups is 1. The van der Waals surface area contributed by atoms with E-state index < -0.39 is 6.10 Å². The molecule has 1 atom stereocenters. The number of thioether (sulfide) groups is 1. The van der Waals surface area contributed by atoms with Crippen molar-refractivity contribution in [1.82, 2.24) is 9.80 Å². The van der Waals surface area contributed by atoms with Crippen LogP contribution in [-0.4, -0.2) is 82.9 Å². The standard InChI is InChI=1S/C26H31ClN2O5S/c27-19-1-4-23-18(13-19)16-34-26(23)5-7-28(8-6-26)15-21(31)17-33-24-14-20(30)2-3-22(24)25(32)29-9-11-35-12-10-29/h1-4,13-14,21,30-31H,5-12,15-17H2/t21-/m0/s1. The summed E-state index contributed by atoms with van der Waals surface area (Å²) in [4.78, 5) is 17.0. The van der Waals surface area contributed by atoms with E-state index in [1.165, 1.54) is 23.3 Å². The van der Waals surface area contributed by atoms with Crippen LogP contribution < -0.4 is 4.74 Å². The molecule has 3 heterocycles. The van der Waals surface area contributed by atoms with Gasteiger partial charge in [-0.1, -0.05) is 17.7 Å². The molecule has 1 spiro atoms. The number of hydrogen-bond donors (Lipinski definition) is 2. The summed E-state index contributed by atoms with van der Waals surface area (Å²) in [6, 6.07) is 10.5. The smallest absolute Gasteiger partial charge is 0.257 e. The molecule has 35 heavy (non-hydrogen) atoms. The van der Waals surface area contributed by atoms with Crippen LogP contribution >= 0.6 is 23.4 Å². The van der Waals surface area contributed by atoms with Crippen molar-refractivity contribution in [2.45, 2.75) is 31.2 Å². The minimum absolute atomic E-state index is 0.0275. The molecule has 0 aliphatic carbocycles. The largest absolute Gasteiger partial charge is 0.508 e. The van der Waals surface area contributed by atoms with Crippen molar-refractivity contribution >= 4 is 29.3 Å². The highest BCUT2D eigenvalue weighted by molar-refractivity contribution is 7.99. The predicted molar refractivity (Wildman–Crippen MR) is 136 cm³/mol. The lowest BCUT2D eigenvalue weighted by Gasteiger charge is -2.39. The molecule has 2 aromatic carbocycles. The first-order chi connectivity index (χ1) is 16.9. The van der Waals surface area contributed by atoms with Gasteiger partial charge in [-0.2, -0.15) is 11.8 Å². The molecule has 1 amide bonds. The van der Waals surface area contributed by atoms with Gasteiger partial charge in [0.2, 0.25) is 0 Å². The highest BCUT2D eigenvalue weighted by Gasteiger charge is 2.42. The Hall–Kier alpha value is -1.97. The Labute approximate surface area is 215 Å². The van der Waals surface area contributed by atoms with E-state index in [9.17, 15) is 15.0 Å². The third-order valence-electron chi connectivity index (χ3n) is 7.12. The molecular weight excluding hydrogens is 488 g/mol. The van der Waals surface area contributed by atoms with E-state index in [1.807, 2.05) is 28.8 Å². The molecule has 0 radical (unpaired) electrons. The van der Waals surface area contributed by atoms with E-state index in [2.05, 4.69) is 11.0 Å². The molecule has 0 bridgehead atoms. The molecule has 2 N–H and O–H groups in total. The van der Waals surface area contributed by atoms with Crippen molar-refractivity contribution < 1.29 is 24.5 Å². The maximum atomic E-state index is 13.0. The van der Waals surface area contributed by atoms with Gasteiger partial charge >= 0.3 is 0 Å². The molecule has 0 aromatic heterocycles. The Balaban J connectivity index is 1.16. The van der Waals surface area contributed by atoms with Crippen LogP contribution in [0.15, 0.2) is 36.4 Å². The van der Waals surface area contributed by atoms with Gasteiger partial charge in [0.1, 0.15) is 24.2 Å². The van der Waals surface area contributed by atoms with Gasteiger partial charge in [0.15, 0.2) is 0 Å². The molecule has 188 valence electrons. The maximum Gasteiger partial charge on any atom is 0.257 e. The molecule has 0 unspecified atom stereocenters. The highest BCUT2D eigenvalue weighted by Crippen LogP contribution is 2.44. The number of phenols is 1. The number of piperidine rings is 1.